The molecule has 3 rings (SSSR count). The maximum absolute atomic E-state index is 10.5. The Morgan fingerprint density at radius 1 is 1.29 bits per heavy atom. The second-order valence-corrected chi connectivity index (χ2v) is 8.71. The van der Waals surface area contributed by atoms with E-state index in [-0.39, 0.29) is 24.0 Å². The summed E-state index contributed by atoms with van der Waals surface area (Å²) in [7, 11) is 3.86. The molecule has 0 spiro atoms. The summed E-state index contributed by atoms with van der Waals surface area (Å²) >= 11 is 1.84. The smallest absolute Gasteiger partial charge is 0.191 e. The largest absolute Gasteiger partial charge is 0.497 e. The number of benzene rings is 1. The normalized spacial score (nSPS) is 20.6. The van der Waals surface area contributed by atoms with E-state index in [0.717, 1.165) is 36.9 Å². The van der Waals surface area contributed by atoms with E-state index in [2.05, 4.69) is 52.0 Å². The lowest BCUT2D eigenvalue weighted by Gasteiger charge is -2.39. The lowest BCUT2D eigenvalue weighted by Crippen LogP contribution is -2.45. The van der Waals surface area contributed by atoms with Crippen LogP contribution in [0.5, 0.6) is 5.75 Å². The molecule has 0 bridgehead atoms. The van der Waals surface area contributed by atoms with Crippen LogP contribution in [0.25, 0.3) is 0 Å². The quantitative estimate of drug-likeness (QED) is 0.259. The van der Waals surface area contributed by atoms with Gasteiger partial charge >= 0.3 is 0 Å². The minimum atomic E-state index is -0.647. The summed E-state index contributed by atoms with van der Waals surface area (Å²) in [5.74, 6) is 2.06. The summed E-state index contributed by atoms with van der Waals surface area (Å²) in [6.45, 7) is 5.14. The zero-order valence-electron chi connectivity index (χ0n) is 18.6. The molecule has 6 nitrogen and oxygen atoms in total. The number of guanidine groups is 1. The number of piperidine rings is 1. The molecule has 3 N–H and O–H groups in total. The fourth-order valence-corrected chi connectivity index (χ4v) is 5.04. The molecule has 2 aromatic rings. The Labute approximate surface area is 207 Å². The molecular weight excluding hydrogens is 523 g/mol. The van der Waals surface area contributed by atoms with Crippen molar-refractivity contribution in [1.82, 2.24) is 15.5 Å². The Bertz CT molecular complexity index is 785. The average Bonchev–Trinajstić information content (AvgIpc) is 3.30. The van der Waals surface area contributed by atoms with E-state index in [4.69, 9.17) is 4.74 Å². The van der Waals surface area contributed by atoms with Gasteiger partial charge in [0.15, 0.2) is 5.96 Å². The van der Waals surface area contributed by atoms with Gasteiger partial charge in [-0.1, -0.05) is 18.2 Å². The Kier molecular flexibility index (Phi) is 11.1. The molecule has 1 aliphatic heterocycles. The summed E-state index contributed by atoms with van der Waals surface area (Å²) < 4.78 is 5.18. The molecule has 1 saturated heterocycles. The van der Waals surface area contributed by atoms with Gasteiger partial charge in [0, 0.05) is 24.0 Å². The Hall–Kier alpha value is -1.36. The van der Waals surface area contributed by atoms with E-state index in [1.165, 1.54) is 17.7 Å². The zero-order chi connectivity index (χ0) is 21.3. The summed E-state index contributed by atoms with van der Waals surface area (Å²) in [5, 5.41) is 19.5. The molecule has 1 aliphatic rings. The van der Waals surface area contributed by atoms with Gasteiger partial charge in [-0.25, -0.2) is 0 Å². The molecule has 3 atom stereocenters. The summed E-state index contributed by atoms with van der Waals surface area (Å²) in [4.78, 5) is 8.53. The molecule has 1 aromatic carbocycles. The fourth-order valence-electron chi connectivity index (χ4n) is 4.06. The number of thiophene rings is 1. The Morgan fingerprint density at radius 2 is 2.06 bits per heavy atom. The van der Waals surface area contributed by atoms with Crippen molar-refractivity contribution in [2.45, 2.75) is 31.9 Å². The van der Waals surface area contributed by atoms with Gasteiger partial charge in [0.05, 0.1) is 19.8 Å². The maximum Gasteiger partial charge on any atom is 0.191 e. The van der Waals surface area contributed by atoms with Gasteiger partial charge in [-0.05, 0) is 68.4 Å². The zero-order valence-corrected chi connectivity index (χ0v) is 21.7. The molecule has 8 heteroatoms. The monoisotopic (exact) mass is 558 g/mol. The summed E-state index contributed by atoms with van der Waals surface area (Å²) in [6.07, 6.45) is 1.77. The highest BCUT2D eigenvalue weighted by molar-refractivity contribution is 14.0. The third kappa shape index (κ3) is 7.34. The number of likely N-dealkylation sites (tertiary alicyclic amines) is 1. The van der Waals surface area contributed by atoms with E-state index in [1.807, 2.05) is 35.6 Å². The molecule has 172 valence electrons. The highest BCUT2D eigenvalue weighted by Crippen LogP contribution is 2.36. The van der Waals surface area contributed by atoms with E-state index in [9.17, 15) is 5.11 Å². The van der Waals surface area contributed by atoms with E-state index in [1.54, 1.807) is 7.11 Å². The number of aliphatic hydroxyl groups excluding tert-OH is 1. The van der Waals surface area contributed by atoms with Crippen LogP contribution in [0.2, 0.25) is 0 Å². The third-order valence-electron chi connectivity index (χ3n) is 5.64. The van der Waals surface area contributed by atoms with Crippen molar-refractivity contribution in [2.75, 3.05) is 40.3 Å². The van der Waals surface area contributed by atoms with Gasteiger partial charge in [0.25, 0.3) is 0 Å². The lowest BCUT2D eigenvalue weighted by molar-refractivity contribution is 0.125. The highest BCUT2D eigenvalue weighted by atomic mass is 127. The number of aliphatic imine (C=N–C) groups is 1. The van der Waals surface area contributed by atoms with Crippen LogP contribution in [0, 0.1) is 5.92 Å². The van der Waals surface area contributed by atoms with Gasteiger partial charge in [-0.2, -0.15) is 0 Å². The van der Waals surface area contributed by atoms with Crippen molar-refractivity contribution in [2.24, 2.45) is 10.9 Å². The number of hydrogen-bond acceptors (Lipinski definition) is 5. The second kappa shape index (κ2) is 13.2. The number of halogens is 1. The topological polar surface area (TPSA) is 69.1 Å². The first-order chi connectivity index (χ1) is 14.6. The van der Waals surface area contributed by atoms with Gasteiger partial charge in [0.2, 0.25) is 0 Å². The van der Waals surface area contributed by atoms with E-state index in [0.29, 0.717) is 18.5 Å². The third-order valence-corrected chi connectivity index (χ3v) is 6.58. The van der Waals surface area contributed by atoms with Crippen LogP contribution in [-0.2, 0) is 0 Å². The average molecular weight is 559 g/mol. The van der Waals surface area contributed by atoms with Crippen LogP contribution in [0.4, 0.5) is 0 Å². The van der Waals surface area contributed by atoms with Crippen molar-refractivity contribution < 1.29 is 9.84 Å². The maximum atomic E-state index is 10.5. The standard InChI is InChI=1S/C23H34N4O2S.HI/c1-4-24-23(26-16-20(28)17-9-11-19(29-3)12-10-17)25-15-18-7-5-13-27(2)22(18)21-8-6-14-30-21;/h6,8-12,14,18,20,22,28H,4-5,7,13,15-16H2,1-3H3,(H2,24,25,26);1H. The van der Waals surface area contributed by atoms with Gasteiger partial charge in [0.1, 0.15) is 5.75 Å². The van der Waals surface area contributed by atoms with Crippen molar-refractivity contribution >= 4 is 41.3 Å². The molecule has 2 heterocycles. The number of aliphatic hydroxyl groups is 1. The SMILES string of the molecule is CCNC(=NCC(O)c1ccc(OC)cc1)NCC1CCCN(C)C1c1cccs1.I. The van der Waals surface area contributed by atoms with Crippen LogP contribution in [-0.4, -0.2) is 56.3 Å². The lowest BCUT2D eigenvalue weighted by atomic mass is 9.88. The number of nitrogens with zero attached hydrogens (tertiary/aromatic N) is 2. The first-order valence-electron chi connectivity index (χ1n) is 10.7. The van der Waals surface area contributed by atoms with Crippen molar-refractivity contribution in [1.29, 1.82) is 0 Å². The first-order valence-corrected chi connectivity index (χ1v) is 11.6. The summed E-state index contributed by atoms with van der Waals surface area (Å²) in [6, 6.07) is 12.3. The molecule has 0 saturated carbocycles. The number of hydrogen-bond donors (Lipinski definition) is 3. The highest BCUT2D eigenvalue weighted by Gasteiger charge is 2.31. The van der Waals surface area contributed by atoms with Gasteiger partial charge in [-0.15, -0.1) is 35.3 Å². The molecular formula is C23H35IN4O2S. The van der Waals surface area contributed by atoms with Crippen LogP contribution in [0.15, 0.2) is 46.8 Å². The summed E-state index contributed by atoms with van der Waals surface area (Å²) in [5.41, 5.74) is 0.835. The Balaban J connectivity index is 0.00000341. The predicted octanol–water partition coefficient (Wildman–Crippen LogP) is 4.05. The minimum Gasteiger partial charge on any atom is -0.497 e. The van der Waals surface area contributed by atoms with Crippen LogP contribution >= 0.6 is 35.3 Å². The number of ether oxygens (including phenoxy) is 1. The number of rotatable bonds is 8. The van der Waals surface area contributed by atoms with E-state index >= 15 is 0 Å². The van der Waals surface area contributed by atoms with Crippen LogP contribution < -0.4 is 15.4 Å². The molecule has 0 amide bonds. The predicted molar refractivity (Wildman–Crippen MR) is 140 cm³/mol. The second-order valence-electron chi connectivity index (χ2n) is 7.73. The number of methoxy groups -OCH3 is 1. The molecule has 31 heavy (non-hydrogen) atoms. The van der Waals surface area contributed by atoms with Crippen LogP contribution in [0.3, 0.4) is 0 Å². The molecule has 3 unspecified atom stereocenters. The van der Waals surface area contributed by atoms with Crippen molar-refractivity contribution in [3.8, 4) is 5.75 Å². The van der Waals surface area contributed by atoms with Crippen molar-refractivity contribution in [3.63, 3.8) is 0 Å². The molecule has 1 fully saturated rings. The van der Waals surface area contributed by atoms with Gasteiger partial charge < -0.3 is 20.5 Å². The first kappa shape index (κ1) is 25.9. The number of nitrogens with one attached hydrogen (secondary N) is 2. The van der Waals surface area contributed by atoms with Gasteiger partial charge in [-0.3, -0.25) is 9.89 Å². The molecule has 0 aliphatic carbocycles. The molecule has 0 radical (unpaired) electrons. The van der Waals surface area contributed by atoms with Crippen molar-refractivity contribution in [3.05, 3.63) is 52.2 Å². The Morgan fingerprint density at radius 3 is 2.71 bits per heavy atom. The molecule has 1 aromatic heterocycles. The van der Waals surface area contributed by atoms with Crippen LogP contribution in [0.1, 0.15) is 42.4 Å². The minimum absolute atomic E-state index is 0. The van der Waals surface area contributed by atoms with E-state index < -0.39 is 6.10 Å². The fraction of sp³-hybridized carbons (Fsp3) is 0.522.